The van der Waals surface area contributed by atoms with Crippen molar-refractivity contribution in [3.8, 4) is 6.07 Å². The van der Waals surface area contributed by atoms with Gasteiger partial charge in [-0.2, -0.15) is 5.26 Å². The van der Waals surface area contributed by atoms with Gasteiger partial charge in [0.1, 0.15) is 0 Å². The number of nitrogens with zero attached hydrogens (tertiary/aromatic N) is 1. The minimum absolute atomic E-state index is 0.0571. The van der Waals surface area contributed by atoms with Gasteiger partial charge in [-0.05, 0) is 17.8 Å². The van der Waals surface area contributed by atoms with Gasteiger partial charge in [-0.15, -0.1) is 0 Å². The van der Waals surface area contributed by atoms with Crippen LogP contribution in [0.2, 0.25) is 0 Å². The fourth-order valence-corrected chi connectivity index (χ4v) is 1.69. The summed E-state index contributed by atoms with van der Waals surface area (Å²) in [5, 5.41) is 17.7. The summed E-state index contributed by atoms with van der Waals surface area (Å²) in [4.78, 5) is 0. The zero-order chi connectivity index (χ0) is 7.78. The number of hydrogen-bond acceptors (Lipinski definition) is 2. The normalized spacial score (nSPS) is 36.2. The van der Waals surface area contributed by atoms with E-state index in [4.69, 9.17) is 5.26 Å². The number of aliphatic hydroxyl groups excluding tert-OH is 1. The van der Waals surface area contributed by atoms with E-state index in [1.165, 1.54) is 0 Å². The molecule has 2 nitrogen and oxygen atoms in total. The smallest absolute Gasteiger partial charge is 0.0629 e. The summed E-state index contributed by atoms with van der Waals surface area (Å²) in [6.07, 6.45) is 1.24. The van der Waals surface area contributed by atoms with E-state index in [1.807, 2.05) is 13.8 Å². The summed E-state index contributed by atoms with van der Waals surface area (Å²) in [6.45, 7) is 4.07. The lowest BCUT2D eigenvalue weighted by Crippen LogP contribution is -2.48. The average Bonchev–Trinajstić information content (AvgIpc) is 1.87. The first-order valence-electron chi connectivity index (χ1n) is 3.63. The lowest BCUT2D eigenvalue weighted by atomic mass is 9.61. The van der Waals surface area contributed by atoms with Gasteiger partial charge >= 0.3 is 0 Å². The van der Waals surface area contributed by atoms with E-state index in [0.717, 1.165) is 6.42 Å². The van der Waals surface area contributed by atoms with E-state index >= 15 is 0 Å². The zero-order valence-corrected chi connectivity index (χ0v) is 6.46. The maximum absolute atomic E-state index is 9.42. The first kappa shape index (κ1) is 7.56. The first-order valence-corrected chi connectivity index (χ1v) is 3.63. The van der Waals surface area contributed by atoms with Crippen molar-refractivity contribution in [2.75, 3.05) is 0 Å². The molecule has 0 amide bonds. The molecule has 1 rings (SSSR count). The molecular formula is C8H13NO. The largest absolute Gasteiger partial charge is 0.392 e. The van der Waals surface area contributed by atoms with Crippen LogP contribution in [-0.2, 0) is 0 Å². The van der Waals surface area contributed by atoms with E-state index in [2.05, 4.69) is 6.07 Å². The Kier molecular flexibility index (Phi) is 1.70. The highest BCUT2D eigenvalue weighted by Gasteiger charge is 2.45. The Morgan fingerprint density at radius 3 is 2.60 bits per heavy atom. The van der Waals surface area contributed by atoms with Gasteiger partial charge in [-0.1, -0.05) is 13.8 Å². The van der Waals surface area contributed by atoms with Gasteiger partial charge in [0.25, 0.3) is 0 Å². The molecule has 2 atom stereocenters. The molecule has 1 aliphatic carbocycles. The summed E-state index contributed by atoms with van der Waals surface area (Å²) >= 11 is 0. The molecule has 1 N–H and O–H groups in total. The van der Waals surface area contributed by atoms with Gasteiger partial charge in [-0.25, -0.2) is 0 Å². The average molecular weight is 139 g/mol. The Hall–Kier alpha value is -0.550. The van der Waals surface area contributed by atoms with Crippen LogP contribution in [0.25, 0.3) is 0 Å². The Labute approximate surface area is 61.5 Å². The molecule has 1 aliphatic rings. The highest BCUT2D eigenvalue weighted by molar-refractivity contribution is 4.99. The van der Waals surface area contributed by atoms with Crippen LogP contribution >= 0.6 is 0 Å². The Bertz CT molecular complexity index is 169. The third-order valence-electron chi connectivity index (χ3n) is 2.39. The molecule has 0 saturated heterocycles. The molecule has 10 heavy (non-hydrogen) atoms. The van der Waals surface area contributed by atoms with Crippen LogP contribution in [0.1, 0.15) is 26.7 Å². The van der Waals surface area contributed by atoms with Crippen LogP contribution in [0, 0.1) is 22.7 Å². The predicted octanol–water partition coefficient (Wildman–Crippen LogP) is 1.31. The molecule has 0 radical (unpaired) electrons. The number of hydrogen-bond donors (Lipinski definition) is 1. The summed E-state index contributed by atoms with van der Waals surface area (Å²) in [5.41, 5.74) is 0.0571. The third-order valence-corrected chi connectivity index (χ3v) is 2.39. The second kappa shape index (κ2) is 2.25. The molecule has 0 aromatic carbocycles. The Balaban J connectivity index is 2.41. The minimum atomic E-state index is -0.257. The molecule has 0 spiro atoms. The lowest BCUT2D eigenvalue weighted by Gasteiger charge is -2.47. The fraction of sp³-hybridized carbons (Fsp3) is 0.875. The van der Waals surface area contributed by atoms with E-state index in [-0.39, 0.29) is 17.4 Å². The summed E-state index contributed by atoms with van der Waals surface area (Å²) in [5.74, 6) is 0.236. The van der Waals surface area contributed by atoms with Crippen molar-refractivity contribution in [2.45, 2.75) is 32.8 Å². The molecule has 0 aromatic rings. The first-order chi connectivity index (χ1) is 4.58. The van der Waals surface area contributed by atoms with Gasteiger partial charge in [0.2, 0.25) is 0 Å². The third kappa shape index (κ3) is 1.02. The monoisotopic (exact) mass is 139 g/mol. The van der Waals surface area contributed by atoms with Crippen molar-refractivity contribution < 1.29 is 5.11 Å². The molecule has 1 fully saturated rings. The quantitative estimate of drug-likeness (QED) is 0.595. The highest BCUT2D eigenvalue weighted by Crippen LogP contribution is 2.46. The molecule has 1 saturated carbocycles. The van der Waals surface area contributed by atoms with Crippen molar-refractivity contribution in [1.29, 1.82) is 5.26 Å². The second-order valence-electron chi connectivity index (χ2n) is 3.76. The summed E-state index contributed by atoms with van der Waals surface area (Å²) in [7, 11) is 0. The molecule has 0 bridgehead atoms. The molecule has 0 aromatic heterocycles. The molecule has 56 valence electrons. The van der Waals surface area contributed by atoms with Gasteiger partial charge < -0.3 is 5.11 Å². The van der Waals surface area contributed by atoms with Crippen LogP contribution in [0.4, 0.5) is 0 Å². The van der Waals surface area contributed by atoms with Crippen molar-refractivity contribution in [3.63, 3.8) is 0 Å². The van der Waals surface area contributed by atoms with Crippen molar-refractivity contribution in [2.24, 2.45) is 11.3 Å². The standard InChI is InChI=1S/C8H13NO/c1-8(2)5-6(3-4-9)7(8)10/h6-7,10H,3,5H2,1-2H3/t6-,7?/m1/s1. The van der Waals surface area contributed by atoms with Crippen LogP contribution in [0.15, 0.2) is 0 Å². The number of rotatable bonds is 1. The Morgan fingerprint density at radius 2 is 2.30 bits per heavy atom. The van der Waals surface area contributed by atoms with Crippen LogP contribution in [-0.4, -0.2) is 11.2 Å². The zero-order valence-electron chi connectivity index (χ0n) is 6.46. The lowest BCUT2D eigenvalue weighted by molar-refractivity contribution is -0.0961. The van der Waals surface area contributed by atoms with Gasteiger partial charge in [0.15, 0.2) is 0 Å². The van der Waals surface area contributed by atoms with Crippen LogP contribution in [0.5, 0.6) is 0 Å². The molecule has 0 aliphatic heterocycles. The maximum atomic E-state index is 9.42. The van der Waals surface area contributed by atoms with Crippen molar-refractivity contribution in [1.82, 2.24) is 0 Å². The van der Waals surface area contributed by atoms with Crippen molar-refractivity contribution in [3.05, 3.63) is 0 Å². The van der Waals surface area contributed by atoms with E-state index < -0.39 is 0 Å². The maximum Gasteiger partial charge on any atom is 0.0629 e. The predicted molar refractivity (Wildman–Crippen MR) is 38.1 cm³/mol. The van der Waals surface area contributed by atoms with Gasteiger partial charge in [0.05, 0.1) is 12.2 Å². The van der Waals surface area contributed by atoms with Crippen LogP contribution < -0.4 is 0 Å². The highest BCUT2D eigenvalue weighted by atomic mass is 16.3. The minimum Gasteiger partial charge on any atom is -0.392 e. The Morgan fingerprint density at radius 1 is 1.70 bits per heavy atom. The SMILES string of the molecule is CC1(C)C[C@@H](CC#N)C1O. The van der Waals surface area contributed by atoms with E-state index in [1.54, 1.807) is 0 Å². The van der Waals surface area contributed by atoms with Crippen LogP contribution in [0.3, 0.4) is 0 Å². The van der Waals surface area contributed by atoms with E-state index in [0.29, 0.717) is 6.42 Å². The topological polar surface area (TPSA) is 44.0 Å². The number of nitriles is 1. The summed E-state index contributed by atoms with van der Waals surface area (Å²) < 4.78 is 0. The fourth-order valence-electron chi connectivity index (χ4n) is 1.69. The molecule has 1 unspecified atom stereocenters. The van der Waals surface area contributed by atoms with Gasteiger partial charge in [-0.3, -0.25) is 0 Å². The van der Waals surface area contributed by atoms with Crippen molar-refractivity contribution >= 4 is 0 Å². The summed E-state index contributed by atoms with van der Waals surface area (Å²) in [6, 6.07) is 2.08. The molecule has 0 heterocycles. The second-order valence-corrected chi connectivity index (χ2v) is 3.76. The molecular weight excluding hydrogens is 126 g/mol. The van der Waals surface area contributed by atoms with E-state index in [9.17, 15) is 5.11 Å². The molecule has 2 heteroatoms. The van der Waals surface area contributed by atoms with Gasteiger partial charge in [0, 0.05) is 6.42 Å². The number of aliphatic hydroxyl groups is 1.